The van der Waals surface area contributed by atoms with E-state index in [1.807, 2.05) is 5.32 Å². The Morgan fingerprint density at radius 3 is 2.17 bits per heavy atom. The van der Waals surface area contributed by atoms with E-state index in [1.165, 1.54) is 0 Å². The van der Waals surface area contributed by atoms with E-state index in [1.54, 1.807) is 0 Å². The van der Waals surface area contributed by atoms with Crippen LogP contribution in [0.15, 0.2) is 0 Å². The maximum Gasteiger partial charge on any atom is 0.408 e. The molecule has 0 radical (unpaired) electrons. The number of carbonyl (C=O) groups excluding carboxylic acids is 2. The van der Waals surface area contributed by atoms with E-state index in [-0.39, 0.29) is 18.9 Å². The second-order valence-corrected chi connectivity index (χ2v) is 6.13. The first kappa shape index (κ1) is 17.6. The maximum absolute atomic E-state index is 12.6. The van der Waals surface area contributed by atoms with Gasteiger partial charge in [-0.1, -0.05) is 0 Å². The molecule has 0 aromatic heterocycles. The lowest BCUT2D eigenvalue weighted by atomic mass is 9.85. The van der Waals surface area contributed by atoms with E-state index in [0.29, 0.717) is 25.7 Å². The molecule has 2 aliphatic rings. The van der Waals surface area contributed by atoms with Gasteiger partial charge in [0.05, 0.1) is 5.92 Å². The Bertz CT molecular complexity index is 487. The molecule has 6 nitrogen and oxygen atoms in total. The Kier molecular flexibility index (Phi) is 5.16. The molecular weight excluding hydrogens is 317 g/mol. The summed E-state index contributed by atoms with van der Waals surface area (Å²) >= 11 is 0. The van der Waals surface area contributed by atoms with Crippen molar-refractivity contribution in [1.82, 2.24) is 10.6 Å². The van der Waals surface area contributed by atoms with E-state index in [2.05, 4.69) is 5.32 Å². The van der Waals surface area contributed by atoms with Gasteiger partial charge in [0.15, 0.2) is 0 Å². The van der Waals surface area contributed by atoms with E-state index >= 15 is 0 Å². The molecule has 2 amide bonds. The predicted molar refractivity (Wildman–Crippen MR) is 72.2 cm³/mol. The monoisotopic (exact) mass is 336 g/mol. The van der Waals surface area contributed by atoms with Crippen molar-refractivity contribution in [2.45, 2.75) is 56.8 Å². The summed E-state index contributed by atoms with van der Waals surface area (Å²) in [4.78, 5) is 34.7. The number of amides is 2. The highest BCUT2D eigenvalue weighted by molar-refractivity contribution is 6.01. The Balaban J connectivity index is 1.83. The smallest absolute Gasteiger partial charge is 0.408 e. The van der Waals surface area contributed by atoms with Gasteiger partial charge in [-0.05, 0) is 38.5 Å². The third-order valence-electron chi connectivity index (χ3n) is 4.51. The standard InChI is InChI=1S/C14H19F3N2O4/c15-14(16,17)10-6-5-9(12(21)19-10)11(20)18-8-3-1-7(2-4-8)13(22)23/h7-10H,1-6H2,(H,18,20)(H,19,21)(H,22,23). The zero-order valence-electron chi connectivity index (χ0n) is 12.4. The molecule has 0 bridgehead atoms. The second-order valence-electron chi connectivity index (χ2n) is 6.13. The number of alkyl halides is 3. The van der Waals surface area contributed by atoms with Crippen LogP contribution in [0.1, 0.15) is 38.5 Å². The number of piperidine rings is 1. The fraction of sp³-hybridized carbons (Fsp3) is 0.786. The van der Waals surface area contributed by atoms with Crippen LogP contribution in [0.3, 0.4) is 0 Å². The molecule has 0 aromatic carbocycles. The van der Waals surface area contributed by atoms with Crippen molar-refractivity contribution in [2.75, 3.05) is 0 Å². The summed E-state index contributed by atoms with van der Waals surface area (Å²) in [6, 6.07) is -2.13. The van der Waals surface area contributed by atoms with Crippen molar-refractivity contribution >= 4 is 17.8 Å². The first-order valence-electron chi connectivity index (χ1n) is 7.58. The highest BCUT2D eigenvalue weighted by Crippen LogP contribution is 2.29. The Labute approximate surface area is 130 Å². The SMILES string of the molecule is O=C(O)C1CCC(NC(=O)C2CCC(C(F)(F)F)NC2=O)CC1. The normalized spacial score (nSPS) is 32.0. The van der Waals surface area contributed by atoms with Crippen LogP contribution in [0.5, 0.6) is 0 Å². The highest BCUT2D eigenvalue weighted by Gasteiger charge is 2.46. The third kappa shape index (κ3) is 4.35. The zero-order chi connectivity index (χ0) is 17.2. The van der Waals surface area contributed by atoms with E-state index in [9.17, 15) is 27.6 Å². The maximum atomic E-state index is 12.6. The lowest BCUT2D eigenvalue weighted by Gasteiger charge is -2.32. The summed E-state index contributed by atoms with van der Waals surface area (Å²) < 4.78 is 37.7. The molecule has 2 unspecified atom stereocenters. The summed E-state index contributed by atoms with van der Waals surface area (Å²) in [5.74, 6) is -3.89. The molecule has 2 atom stereocenters. The molecule has 23 heavy (non-hydrogen) atoms. The van der Waals surface area contributed by atoms with Gasteiger partial charge < -0.3 is 15.7 Å². The number of hydrogen-bond donors (Lipinski definition) is 3. The molecule has 130 valence electrons. The molecule has 1 saturated carbocycles. The molecule has 2 rings (SSSR count). The van der Waals surface area contributed by atoms with Gasteiger partial charge in [-0.3, -0.25) is 14.4 Å². The van der Waals surface area contributed by atoms with Crippen molar-refractivity contribution in [1.29, 1.82) is 0 Å². The lowest BCUT2D eigenvalue weighted by Crippen LogP contribution is -2.55. The van der Waals surface area contributed by atoms with E-state index in [0.717, 1.165) is 0 Å². The largest absolute Gasteiger partial charge is 0.481 e. The minimum Gasteiger partial charge on any atom is -0.481 e. The number of aliphatic carboxylic acids is 1. The van der Waals surface area contributed by atoms with Crippen molar-refractivity contribution < 1.29 is 32.7 Å². The molecule has 1 aliphatic heterocycles. The topological polar surface area (TPSA) is 95.5 Å². The summed E-state index contributed by atoms with van der Waals surface area (Å²) in [5, 5.41) is 13.4. The minimum absolute atomic E-state index is 0.147. The van der Waals surface area contributed by atoms with Crippen molar-refractivity contribution in [3.63, 3.8) is 0 Å². The van der Waals surface area contributed by atoms with Gasteiger partial charge in [0, 0.05) is 6.04 Å². The van der Waals surface area contributed by atoms with E-state index in [4.69, 9.17) is 5.11 Å². The fourth-order valence-electron chi connectivity index (χ4n) is 3.09. The van der Waals surface area contributed by atoms with Gasteiger partial charge in [-0.15, -0.1) is 0 Å². The number of halogens is 3. The van der Waals surface area contributed by atoms with Crippen molar-refractivity contribution in [2.24, 2.45) is 11.8 Å². The lowest BCUT2D eigenvalue weighted by molar-refractivity contribution is -0.171. The first-order chi connectivity index (χ1) is 10.7. The quantitative estimate of drug-likeness (QED) is 0.675. The molecule has 3 N–H and O–H groups in total. The Hall–Kier alpha value is -1.80. The molecule has 0 spiro atoms. The van der Waals surface area contributed by atoms with Gasteiger partial charge in [-0.2, -0.15) is 13.2 Å². The molecule has 1 aliphatic carbocycles. The number of carboxylic acid groups (broad SMARTS) is 1. The van der Waals surface area contributed by atoms with Crippen molar-refractivity contribution in [3.05, 3.63) is 0 Å². The second kappa shape index (κ2) is 6.76. The highest BCUT2D eigenvalue weighted by atomic mass is 19.4. The van der Waals surface area contributed by atoms with Crippen LogP contribution < -0.4 is 10.6 Å². The van der Waals surface area contributed by atoms with Gasteiger partial charge in [0.1, 0.15) is 12.0 Å². The summed E-state index contributed by atoms with van der Waals surface area (Å²) in [6.07, 6.45) is -3.12. The molecule has 1 heterocycles. The molecule has 0 aromatic rings. The Morgan fingerprint density at radius 2 is 1.70 bits per heavy atom. The van der Waals surface area contributed by atoms with Crippen LogP contribution in [-0.4, -0.2) is 41.2 Å². The average molecular weight is 336 g/mol. The predicted octanol–water partition coefficient (Wildman–Crippen LogP) is 1.20. The average Bonchev–Trinajstić information content (AvgIpc) is 2.46. The first-order valence-corrected chi connectivity index (χ1v) is 7.58. The summed E-state index contributed by atoms with van der Waals surface area (Å²) in [7, 11) is 0. The van der Waals surface area contributed by atoms with Crippen LogP contribution in [0.4, 0.5) is 13.2 Å². The van der Waals surface area contributed by atoms with Crippen LogP contribution in [0, 0.1) is 11.8 Å². The van der Waals surface area contributed by atoms with Crippen molar-refractivity contribution in [3.8, 4) is 0 Å². The summed E-state index contributed by atoms with van der Waals surface area (Å²) in [6.45, 7) is 0. The Morgan fingerprint density at radius 1 is 1.09 bits per heavy atom. The van der Waals surface area contributed by atoms with Crippen LogP contribution in [-0.2, 0) is 14.4 Å². The summed E-state index contributed by atoms with van der Waals surface area (Å²) in [5.41, 5.74) is 0. The van der Waals surface area contributed by atoms with Gasteiger partial charge in [-0.25, -0.2) is 0 Å². The number of carboxylic acids is 1. The fourth-order valence-corrected chi connectivity index (χ4v) is 3.09. The van der Waals surface area contributed by atoms with E-state index < -0.39 is 41.8 Å². The van der Waals surface area contributed by atoms with Crippen LogP contribution in [0.2, 0.25) is 0 Å². The van der Waals surface area contributed by atoms with Gasteiger partial charge in [0.2, 0.25) is 11.8 Å². The van der Waals surface area contributed by atoms with Gasteiger partial charge >= 0.3 is 12.1 Å². The van der Waals surface area contributed by atoms with Crippen LogP contribution in [0.25, 0.3) is 0 Å². The number of rotatable bonds is 3. The minimum atomic E-state index is -4.51. The third-order valence-corrected chi connectivity index (χ3v) is 4.51. The van der Waals surface area contributed by atoms with Crippen LogP contribution >= 0.6 is 0 Å². The number of hydrogen-bond acceptors (Lipinski definition) is 3. The number of carbonyl (C=O) groups is 3. The molecule has 9 heteroatoms. The number of nitrogens with one attached hydrogen (secondary N) is 2. The zero-order valence-corrected chi connectivity index (χ0v) is 12.4. The molecule has 2 fully saturated rings. The molecule has 1 saturated heterocycles. The van der Waals surface area contributed by atoms with Gasteiger partial charge in [0.25, 0.3) is 0 Å². The molecular formula is C14H19F3N2O4.